The van der Waals surface area contributed by atoms with Crippen LogP contribution in [-0.2, 0) is 6.61 Å². The van der Waals surface area contributed by atoms with Crippen LogP contribution in [0.4, 0.5) is 17.3 Å². The average Bonchev–Trinajstić information content (AvgIpc) is 2.89. The molecule has 0 bridgehead atoms. The lowest BCUT2D eigenvalue weighted by Gasteiger charge is -2.15. The van der Waals surface area contributed by atoms with Gasteiger partial charge in [0.25, 0.3) is 5.69 Å². The first-order valence-electron chi connectivity index (χ1n) is 11.5. The minimum absolute atomic E-state index is 0.0194. The van der Waals surface area contributed by atoms with Gasteiger partial charge in [0, 0.05) is 41.0 Å². The summed E-state index contributed by atoms with van der Waals surface area (Å²) in [6.45, 7) is 4.43. The fourth-order valence-corrected chi connectivity index (χ4v) is 4.11. The molecule has 0 amide bonds. The van der Waals surface area contributed by atoms with Gasteiger partial charge in [-0.25, -0.2) is 9.97 Å². The first kappa shape index (κ1) is 23.0. The maximum Gasteiger partial charge on any atom is 0.270 e. The topological polar surface area (TPSA) is 90.2 Å². The third-order valence-corrected chi connectivity index (χ3v) is 6.00. The van der Waals surface area contributed by atoms with Crippen LogP contribution in [-0.4, -0.2) is 14.9 Å². The summed E-state index contributed by atoms with van der Waals surface area (Å²) in [6, 6.07) is 26.3. The van der Waals surface area contributed by atoms with Crippen LogP contribution in [0.25, 0.3) is 22.0 Å². The molecule has 1 aromatic heterocycles. The highest BCUT2D eigenvalue weighted by molar-refractivity contribution is 5.89. The van der Waals surface area contributed by atoms with Crippen molar-refractivity contribution in [2.45, 2.75) is 20.5 Å². The Balaban J connectivity index is 1.57. The molecule has 0 aliphatic heterocycles. The van der Waals surface area contributed by atoms with Crippen molar-refractivity contribution in [3.05, 3.63) is 118 Å². The van der Waals surface area contributed by atoms with Crippen molar-refractivity contribution >= 4 is 28.2 Å². The first-order valence-corrected chi connectivity index (χ1v) is 11.5. The highest BCUT2D eigenvalue weighted by Crippen LogP contribution is 2.36. The molecule has 0 aliphatic rings. The number of aromatic nitrogens is 2. The van der Waals surface area contributed by atoms with Crippen LogP contribution in [0.5, 0.6) is 5.75 Å². The Morgan fingerprint density at radius 2 is 1.67 bits per heavy atom. The third kappa shape index (κ3) is 4.86. The van der Waals surface area contributed by atoms with Crippen molar-refractivity contribution in [2.75, 3.05) is 5.32 Å². The van der Waals surface area contributed by atoms with Gasteiger partial charge in [0.05, 0.1) is 10.4 Å². The van der Waals surface area contributed by atoms with E-state index in [1.54, 1.807) is 18.3 Å². The molecule has 0 unspecified atom stereocenters. The van der Waals surface area contributed by atoms with Crippen LogP contribution in [0.3, 0.4) is 0 Å². The van der Waals surface area contributed by atoms with Crippen molar-refractivity contribution in [2.24, 2.45) is 0 Å². The molecular formula is C29H24N4O3. The smallest absolute Gasteiger partial charge is 0.270 e. The normalized spacial score (nSPS) is 10.8. The summed E-state index contributed by atoms with van der Waals surface area (Å²) in [5, 5.41) is 15.5. The molecule has 0 radical (unpaired) electrons. The fourth-order valence-electron chi connectivity index (χ4n) is 4.11. The van der Waals surface area contributed by atoms with Crippen molar-refractivity contribution < 1.29 is 9.66 Å². The van der Waals surface area contributed by atoms with Gasteiger partial charge in [-0.05, 0) is 42.2 Å². The molecule has 0 atom stereocenters. The Labute approximate surface area is 208 Å². The van der Waals surface area contributed by atoms with E-state index in [0.717, 1.165) is 33.3 Å². The largest absolute Gasteiger partial charge is 0.488 e. The van der Waals surface area contributed by atoms with E-state index < -0.39 is 4.92 Å². The molecule has 36 heavy (non-hydrogen) atoms. The second-order valence-electron chi connectivity index (χ2n) is 8.57. The fraction of sp³-hybridized carbons (Fsp3) is 0.103. The number of nitro groups is 1. The molecule has 5 rings (SSSR count). The molecule has 1 N–H and O–H groups in total. The lowest BCUT2D eigenvalue weighted by atomic mass is 10.0. The molecule has 0 spiro atoms. The van der Waals surface area contributed by atoms with Crippen LogP contribution in [0, 0.1) is 24.0 Å². The molecule has 7 nitrogen and oxygen atoms in total. The second kappa shape index (κ2) is 9.84. The summed E-state index contributed by atoms with van der Waals surface area (Å²) >= 11 is 0. The highest BCUT2D eigenvalue weighted by atomic mass is 16.6. The number of hydrogen-bond acceptors (Lipinski definition) is 6. The SMILES string of the molecule is Cc1cccc(C)c1Nc1ncc2cc(-c3cccc([N+](=O)[O-])c3)c(OCc3ccccc3)cc2n1. The van der Waals surface area contributed by atoms with Gasteiger partial charge >= 0.3 is 0 Å². The summed E-state index contributed by atoms with van der Waals surface area (Å²) in [4.78, 5) is 20.2. The molecule has 0 aliphatic carbocycles. The number of nitrogens with one attached hydrogen (secondary N) is 1. The standard InChI is InChI=1S/C29H24N4O3/c1-19-8-6-9-20(2)28(19)32-29-30-17-23-15-25(22-12-7-13-24(14-22)33(34)35)27(16-26(23)31-29)36-18-21-10-4-3-5-11-21/h3-17H,18H2,1-2H3,(H,30,31,32). The van der Waals surface area contributed by atoms with Crippen molar-refractivity contribution in [1.29, 1.82) is 0 Å². The quantitative estimate of drug-likeness (QED) is 0.198. The van der Waals surface area contributed by atoms with Gasteiger partial charge in [-0.1, -0.05) is 60.7 Å². The number of hydrogen-bond donors (Lipinski definition) is 1. The molecular weight excluding hydrogens is 452 g/mol. The van der Waals surface area contributed by atoms with E-state index in [1.165, 1.54) is 6.07 Å². The number of ether oxygens (including phenoxy) is 1. The van der Waals surface area contributed by atoms with Gasteiger partial charge in [-0.2, -0.15) is 0 Å². The number of benzene rings is 4. The Kier molecular flexibility index (Phi) is 6.28. The van der Waals surface area contributed by atoms with E-state index in [2.05, 4.69) is 10.3 Å². The van der Waals surface area contributed by atoms with Gasteiger partial charge in [0.15, 0.2) is 0 Å². The van der Waals surface area contributed by atoms with Gasteiger partial charge in [-0.15, -0.1) is 0 Å². The third-order valence-electron chi connectivity index (χ3n) is 6.00. The van der Waals surface area contributed by atoms with Gasteiger partial charge in [-0.3, -0.25) is 10.1 Å². The molecule has 1 heterocycles. The number of rotatable bonds is 7. The van der Waals surface area contributed by atoms with E-state index >= 15 is 0 Å². The number of anilines is 2. The predicted octanol–water partition coefficient (Wildman–Crippen LogP) is 7.14. The van der Waals surface area contributed by atoms with Gasteiger partial charge in [0.1, 0.15) is 12.4 Å². The van der Waals surface area contributed by atoms with Crippen LogP contribution in [0.1, 0.15) is 16.7 Å². The lowest BCUT2D eigenvalue weighted by Crippen LogP contribution is -2.02. The Morgan fingerprint density at radius 1 is 0.917 bits per heavy atom. The van der Waals surface area contributed by atoms with Crippen LogP contribution in [0.2, 0.25) is 0 Å². The molecule has 0 fully saturated rings. The van der Waals surface area contributed by atoms with Crippen LogP contribution < -0.4 is 10.1 Å². The Hall–Kier alpha value is -4.78. The Bertz CT molecular complexity index is 1550. The number of fused-ring (bicyclic) bond motifs is 1. The van der Waals surface area contributed by atoms with E-state index in [1.807, 2.05) is 80.6 Å². The first-order chi connectivity index (χ1) is 17.5. The lowest BCUT2D eigenvalue weighted by molar-refractivity contribution is -0.384. The van der Waals surface area contributed by atoms with Crippen molar-refractivity contribution in [1.82, 2.24) is 9.97 Å². The zero-order valence-electron chi connectivity index (χ0n) is 19.9. The molecule has 178 valence electrons. The zero-order chi connectivity index (χ0) is 25.1. The Morgan fingerprint density at radius 3 is 2.42 bits per heavy atom. The average molecular weight is 477 g/mol. The molecule has 5 aromatic rings. The van der Waals surface area contributed by atoms with Crippen LogP contribution in [0.15, 0.2) is 91.1 Å². The maximum absolute atomic E-state index is 11.4. The van der Waals surface area contributed by atoms with Gasteiger partial charge in [0.2, 0.25) is 5.95 Å². The van der Waals surface area contributed by atoms with Gasteiger partial charge < -0.3 is 10.1 Å². The molecule has 7 heteroatoms. The minimum atomic E-state index is -0.399. The summed E-state index contributed by atoms with van der Waals surface area (Å²) in [6.07, 6.45) is 1.75. The maximum atomic E-state index is 11.4. The summed E-state index contributed by atoms with van der Waals surface area (Å²) in [7, 11) is 0. The molecule has 0 saturated heterocycles. The predicted molar refractivity (Wildman–Crippen MR) is 142 cm³/mol. The summed E-state index contributed by atoms with van der Waals surface area (Å²) in [5.74, 6) is 1.07. The highest BCUT2D eigenvalue weighted by Gasteiger charge is 2.15. The summed E-state index contributed by atoms with van der Waals surface area (Å²) < 4.78 is 6.23. The van der Waals surface area contributed by atoms with Crippen LogP contribution >= 0.6 is 0 Å². The van der Waals surface area contributed by atoms with E-state index in [-0.39, 0.29) is 5.69 Å². The monoisotopic (exact) mass is 476 g/mol. The number of nitro benzene ring substituents is 1. The molecule has 0 saturated carbocycles. The number of nitrogens with zero attached hydrogens (tertiary/aromatic N) is 3. The summed E-state index contributed by atoms with van der Waals surface area (Å²) in [5.41, 5.74) is 6.35. The number of para-hydroxylation sites is 1. The number of non-ortho nitro benzene ring substituents is 1. The van der Waals surface area contributed by atoms with E-state index in [0.29, 0.717) is 29.4 Å². The molecule has 4 aromatic carbocycles. The van der Waals surface area contributed by atoms with Crippen molar-refractivity contribution in [3.8, 4) is 16.9 Å². The zero-order valence-corrected chi connectivity index (χ0v) is 19.9. The van der Waals surface area contributed by atoms with E-state index in [4.69, 9.17) is 9.72 Å². The van der Waals surface area contributed by atoms with E-state index in [9.17, 15) is 10.1 Å². The number of aryl methyl sites for hydroxylation is 2. The minimum Gasteiger partial charge on any atom is -0.488 e. The second-order valence-corrected chi connectivity index (χ2v) is 8.57. The van der Waals surface area contributed by atoms with Crippen molar-refractivity contribution in [3.63, 3.8) is 0 Å².